The first-order valence-corrected chi connectivity index (χ1v) is 8.21. The molecule has 1 aliphatic heterocycles. The molecule has 7 nitrogen and oxygen atoms in total. The Kier molecular flexibility index (Phi) is 4.51. The summed E-state index contributed by atoms with van der Waals surface area (Å²) in [6, 6.07) is 3.60. The Morgan fingerprint density at radius 3 is 2.87 bits per heavy atom. The van der Waals surface area contributed by atoms with Crippen LogP contribution in [0.3, 0.4) is 0 Å². The van der Waals surface area contributed by atoms with Crippen molar-refractivity contribution in [1.82, 2.24) is 14.8 Å². The minimum Gasteiger partial charge on any atom is -0.490 e. The van der Waals surface area contributed by atoms with E-state index in [2.05, 4.69) is 31.3 Å². The molecule has 1 aromatic carbocycles. The topological polar surface area (TPSA) is 78.3 Å². The third-order valence-electron chi connectivity index (χ3n) is 3.50. The highest BCUT2D eigenvalue weighted by Gasteiger charge is 2.29. The van der Waals surface area contributed by atoms with E-state index in [4.69, 9.17) is 9.47 Å². The Hall–Kier alpha value is -2.09. The van der Waals surface area contributed by atoms with E-state index in [0.29, 0.717) is 37.1 Å². The van der Waals surface area contributed by atoms with Crippen molar-refractivity contribution < 1.29 is 14.3 Å². The van der Waals surface area contributed by atoms with Crippen LogP contribution in [0.2, 0.25) is 0 Å². The van der Waals surface area contributed by atoms with Gasteiger partial charge in [-0.05, 0) is 47.5 Å². The maximum atomic E-state index is 11.9. The van der Waals surface area contributed by atoms with Crippen molar-refractivity contribution in [3.8, 4) is 11.5 Å². The Labute approximate surface area is 142 Å². The predicted molar refractivity (Wildman–Crippen MR) is 87.9 cm³/mol. The number of anilines is 1. The third-order valence-corrected chi connectivity index (χ3v) is 4.09. The second-order valence-corrected chi connectivity index (χ2v) is 5.85. The number of hydrogen-bond donors (Lipinski definition) is 1. The molecule has 8 heteroatoms. The van der Waals surface area contributed by atoms with Crippen LogP contribution >= 0.6 is 15.9 Å². The molecule has 0 unspecified atom stereocenters. The molecule has 2 aromatic rings. The van der Waals surface area contributed by atoms with Gasteiger partial charge in [0.25, 0.3) is 0 Å². The largest absolute Gasteiger partial charge is 0.490 e. The second kappa shape index (κ2) is 6.57. The Morgan fingerprint density at radius 1 is 1.35 bits per heavy atom. The molecule has 3 rings (SSSR count). The molecule has 1 aromatic heterocycles. The molecule has 0 aliphatic carbocycles. The molecule has 23 heavy (non-hydrogen) atoms. The number of carbonyl (C=O) groups is 1. The van der Waals surface area contributed by atoms with Gasteiger partial charge in [0.15, 0.2) is 11.5 Å². The lowest BCUT2D eigenvalue weighted by atomic mass is 10.0. The van der Waals surface area contributed by atoms with Crippen molar-refractivity contribution in [2.24, 2.45) is 0 Å². The molecular weight excluding hydrogens is 364 g/mol. The normalized spacial score (nSPS) is 16.7. The van der Waals surface area contributed by atoms with Gasteiger partial charge in [-0.1, -0.05) is 0 Å². The molecule has 1 amide bonds. The van der Waals surface area contributed by atoms with Crippen molar-refractivity contribution in [2.75, 3.05) is 18.5 Å². The van der Waals surface area contributed by atoms with Gasteiger partial charge in [0.2, 0.25) is 11.9 Å². The van der Waals surface area contributed by atoms with Crippen molar-refractivity contribution in [3.63, 3.8) is 0 Å². The molecule has 1 atom stereocenters. The fourth-order valence-electron chi connectivity index (χ4n) is 2.59. The number of amides is 1. The van der Waals surface area contributed by atoms with Crippen molar-refractivity contribution in [3.05, 3.63) is 28.5 Å². The van der Waals surface area contributed by atoms with Gasteiger partial charge in [-0.25, -0.2) is 4.68 Å². The molecule has 122 valence electrons. The number of carbonyl (C=O) groups excluding carboxylic acids is 1. The lowest BCUT2D eigenvalue weighted by Crippen LogP contribution is -2.29. The minimum absolute atomic E-state index is 0.0848. The highest BCUT2D eigenvalue weighted by atomic mass is 79.9. The van der Waals surface area contributed by atoms with Gasteiger partial charge in [-0.3, -0.25) is 10.1 Å². The van der Waals surface area contributed by atoms with E-state index >= 15 is 0 Å². The van der Waals surface area contributed by atoms with Gasteiger partial charge in [-0.2, -0.15) is 10.1 Å². The summed E-state index contributed by atoms with van der Waals surface area (Å²) in [5.41, 5.74) is 0.908. The summed E-state index contributed by atoms with van der Waals surface area (Å²) in [5.74, 6) is 1.68. The van der Waals surface area contributed by atoms with E-state index in [1.165, 1.54) is 6.33 Å². The highest BCUT2D eigenvalue weighted by Crippen LogP contribution is 2.40. The summed E-state index contributed by atoms with van der Waals surface area (Å²) in [6.07, 6.45) is 1.73. The molecule has 0 spiro atoms. The van der Waals surface area contributed by atoms with Crippen molar-refractivity contribution >= 4 is 27.8 Å². The Bertz CT molecular complexity index is 732. The number of hydrogen-bond acceptors (Lipinski definition) is 5. The monoisotopic (exact) mass is 380 g/mol. The van der Waals surface area contributed by atoms with Gasteiger partial charge >= 0.3 is 0 Å². The van der Waals surface area contributed by atoms with Gasteiger partial charge < -0.3 is 9.47 Å². The molecule has 0 saturated carbocycles. The number of nitrogens with zero attached hydrogens (tertiary/aromatic N) is 3. The smallest absolute Gasteiger partial charge is 0.229 e. The first-order chi connectivity index (χ1) is 11.1. The van der Waals surface area contributed by atoms with E-state index < -0.39 is 0 Å². The van der Waals surface area contributed by atoms with Gasteiger partial charge in [0.1, 0.15) is 6.33 Å². The number of halogens is 1. The van der Waals surface area contributed by atoms with E-state index in [1.807, 2.05) is 26.0 Å². The fraction of sp³-hybridized carbons (Fsp3) is 0.400. The number of rotatable bonds is 5. The summed E-state index contributed by atoms with van der Waals surface area (Å²) < 4.78 is 13.8. The predicted octanol–water partition coefficient (Wildman–Crippen LogP) is 2.77. The van der Waals surface area contributed by atoms with Crippen LogP contribution in [0.25, 0.3) is 0 Å². The van der Waals surface area contributed by atoms with Crippen LogP contribution in [0.4, 0.5) is 5.95 Å². The number of aromatic nitrogens is 3. The van der Waals surface area contributed by atoms with Crippen LogP contribution < -0.4 is 14.8 Å². The summed E-state index contributed by atoms with van der Waals surface area (Å²) in [5, 5.41) is 6.93. The van der Waals surface area contributed by atoms with Gasteiger partial charge in [-0.15, -0.1) is 0 Å². The lowest BCUT2D eigenvalue weighted by Gasteiger charge is -2.25. The molecular formula is C15H17BrN4O3. The second-order valence-electron chi connectivity index (χ2n) is 4.99. The first kappa shape index (κ1) is 15.8. The molecule has 0 saturated heterocycles. The average Bonchev–Trinajstić information content (AvgIpc) is 2.98. The maximum Gasteiger partial charge on any atom is 0.229 e. The average molecular weight is 381 g/mol. The lowest BCUT2D eigenvalue weighted by molar-refractivity contribution is -0.117. The van der Waals surface area contributed by atoms with Crippen molar-refractivity contribution in [1.29, 1.82) is 0 Å². The van der Waals surface area contributed by atoms with Gasteiger partial charge in [0, 0.05) is 0 Å². The summed E-state index contributed by atoms with van der Waals surface area (Å²) >= 11 is 3.53. The Morgan fingerprint density at radius 2 is 2.13 bits per heavy atom. The van der Waals surface area contributed by atoms with Crippen LogP contribution in [0.15, 0.2) is 22.9 Å². The van der Waals surface area contributed by atoms with E-state index in [1.54, 1.807) is 4.68 Å². The zero-order chi connectivity index (χ0) is 16.4. The molecule has 0 radical (unpaired) electrons. The minimum atomic E-state index is -0.229. The number of fused-ring (bicyclic) bond motifs is 1. The van der Waals surface area contributed by atoms with Crippen LogP contribution in [0, 0.1) is 0 Å². The number of benzene rings is 1. The maximum absolute atomic E-state index is 11.9. The summed E-state index contributed by atoms with van der Waals surface area (Å²) in [7, 11) is 0. The molecule has 2 heterocycles. The van der Waals surface area contributed by atoms with E-state index in [9.17, 15) is 4.79 Å². The summed E-state index contributed by atoms with van der Waals surface area (Å²) in [6.45, 7) is 4.90. The van der Waals surface area contributed by atoms with E-state index in [-0.39, 0.29) is 11.9 Å². The van der Waals surface area contributed by atoms with Crippen LogP contribution in [0.5, 0.6) is 11.5 Å². The Balaban J connectivity index is 2.05. The van der Waals surface area contributed by atoms with Crippen LogP contribution in [0.1, 0.15) is 31.9 Å². The first-order valence-electron chi connectivity index (χ1n) is 7.42. The number of nitrogens with one attached hydrogen (secondary N) is 1. The van der Waals surface area contributed by atoms with Crippen LogP contribution in [-0.4, -0.2) is 33.9 Å². The molecule has 0 fully saturated rings. The SMILES string of the molecule is CCOc1cc([C@H]2CC(=O)Nc3ncnn32)cc(Br)c1OCC. The summed E-state index contributed by atoms with van der Waals surface area (Å²) in [4.78, 5) is 16.0. The zero-order valence-electron chi connectivity index (χ0n) is 12.9. The number of ether oxygens (including phenoxy) is 2. The van der Waals surface area contributed by atoms with Gasteiger partial charge in [0.05, 0.1) is 30.1 Å². The molecule has 1 N–H and O–H groups in total. The molecule has 0 bridgehead atoms. The highest BCUT2D eigenvalue weighted by molar-refractivity contribution is 9.10. The third kappa shape index (κ3) is 3.03. The standard InChI is InChI=1S/C15H17BrN4O3/c1-3-22-12-6-9(5-10(16)14(12)23-4-2)11-7-13(21)19-15-17-8-18-20(11)15/h5-6,8,11H,3-4,7H2,1-2H3,(H,17,18,19,21)/t11-/m1/s1. The molecule has 1 aliphatic rings. The quantitative estimate of drug-likeness (QED) is 0.862. The van der Waals surface area contributed by atoms with Crippen LogP contribution in [-0.2, 0) is 4.79 Å². The van der Waals surface area contributed by atoms with E-state index in [0.717, 1.165) is 10.0 Å². The van der Waals surface area contributed by atoms with Crippen molar-refractivity contribution in [2.45, 2.75) is 26.3 Å². The fourth-order valence-corrected chi connectivity index (χ4v) is 3.17. The zero-order valence-corrected chi connectivity index (χ0v) is 14.5.